The third-order valence-electron chi connectivity index (χ3n) is 3.11. The number of hydrogen-bond donors (Lipinski definition) is 2. The molecule has 0 unspecified atom stereocenters. The van der Waals surface area contributed by atoms with Gasteiger partial charge in [0.2, 0.25) is 0 Å². The fourth-order valence-electron chi connectivity index (χ4n) is 1.98. The molecule has 5 nitrogen and oxygen atoms in total. The summed E-state index contributed by atoms with van der Waals surface area (Å²) in [6.45, 7) is 0.529. The van der Waals surface area contributed by atoms with E-state index in [0.717, 1.165) is 34.4 Å². The molecule has 2 aromatic carbocycles. The molecule has 0 aliphatic rings. The zero-order valence-electron chi connectivity index (χ0n) is 12.7. The van der Waals surface area contributed by atoms with E-state index in [1.54, 1.807) is 31.4 Å². The van der Waals surface area contributed by atoms with Crippen molar-refractivity contribution in [2.24, 2.45) is 0 Å². The molecule has 0 saturated heterocycles. The summed E-state index contributed by atoms with van der Waals surface area (Å²) in [4.78, 5) is 12.7. The van der Waals surface area contributed by atoms with Gasteiger partial charge in [-0.3, -0.25) is 0 Å². The topological polar surface area (TPSA) is 74.2 Å². The van der Waals surface area contributed by atoms with Crippen LogP contribution in [-0.4, -0.2) is 19.7 Å². The monoisotopic (exact) mass is 327 g/mol. The number of anilines is 1. The van der Waals surface area contributed by atoms with Crippen LogP contribution in [0, 0.1) is 10.7 Å². The fraction of sp³-hybridized carbons (Fsp3) is 0.176. The number of nitrogens with zero attached hydrogens (tertiary/aromatic N) is 1. The van der Waals surface area contributed by atoms with Gasteiger partial charge in [0, 0.05) is 17.1 Å². The summed E-state index contributed by atoms with van der Waals surface area (Å²) in [5.41, 5.74) is 1.79. The number of ether oxygens (including phenoxy) is 1. The van der Waals surface area contributed by atoms with Crippen molar-refractivity contribution >= 4 is 23.5 Å². The average Bonchev–Trinajstić information content (AvgIpc) is 2.57. The van der Waals surface area contributed by atoms with Crippen molar-refractivity contribution in [1.82, 2.24) is 5.32 Å². The highest BCUT2D eigenvalue weighted by atomic mass is 32.2. The predicted molar refractivity (Wildman–Crippen MR) is 91.6 cm³/mol. The van der Waals surface area contributed by atoms with Gasteiger partial charge in [-0.1, -0.05) is 12.1 Å². The first kappa shape index (κ1) is 16.7. The van der Waals surface area contributed by atoms with Crippen molar-refractivity contribution in [3.8, 4) is 11.2 Å². The lowest BCUT2D eigenvalue weighted by Gasteiger charge is -2.08. The van der Waals surface area contributed by atoms with Crippen LogP contribution in [0.15, 0.2) is 53.4 Å². The molecule has 0 aromatic heterocycles. The van der Waals surface area contributed by atoms with Gasteiger partial charge in [-0.15, -0.1) is 0 Å². The summed E-state index contributed by atoms with van der Waals surface area (Å²) in [7, 11) is 1.63. The molecular weight excluding hydrogens is 310 g/mol. The van der Waals surface area contributed by atoms with E-state index in [0.29, 0.717) is 12.2 Å². The fourth-order valence-corrected chi connectivity index (χ4v) is 2.36. The number of hydrogen-bond acceptors (Lipinski definition) is 4. The highest BCUT2D eigenvalue weighted by molar-refractivity contribution is 8.03. The first-order chi connectivity index (χ1) is 11.2. The van der Waals surface area contributed by atoms with Crippen LogP contribution in [0.4, 0.5) is 10.5 Å². The van der Waals surface area contributed by atoms with Crippen LogP contribution >= 0.6 is 11.8 Å². The lowest BCUT2D eigenvalue weighted by atomic mass is 10.1. The molecule has 0 heterocycles. The van der Waals surface area contributed by atoms with Crippen LogP contribution < -0.4 is 15.4 Å². The van der Waals surface area contributed by atoms with Crippen LogP contribution in [0.2, 0.25) is 0 Å². The Morgan fingerprint density at radius 1 is 1.26 bits per heavy atom. The average molecular weight is 327 g/mol. The summed E-state index contributed by atoms with van der Waals surface area (Å²) in [5, 5.41) is 16.1. The van der Waals surface area contributed by atoms with Crippen molar-refractivity contribution in [2.45, 2.75) is 11.3 Å². The first-order valence-corrected chi connectivity index (χ1v) is 7.86. The largest absolute Gasteiger partial charge is 0.497 e. The molecule has 0 radical (unpaired) electrons. The molecule has 0 saturated carbocycles. The maximum absolute atomic E-state index is 11.8. The Bertz CT molecular complexity index is 696. The number of methoxy groups -OCH3 is 1. The molecule has 0 fully saturated rings. The number of amides is 2. The highest BCUT2D eigenvalue weighted by Gasteiger charge is 2.02. The number of urea groups is 1. The van der Waals surface area contributed by atoms with E-state index in [-0.39, 0.29) is 6.03 Å². The SMILES string of the molecule is COc1cccc(CCNC(=O)Nc2ccc(SC#N)cc2)c1. The van der Waals surface area contributed by atoms with Gasteiger partial charge >= 0.3 is 6.03 Å². The van der Waals surface area contributed by atoms with E-state index >= 15 is 0 Å². The van der Waals surface area contributed by atoms with Crippen LogP contribution in [0.1, 0.15) is 5.56 Å². The van der Waals surface area contributed by atoms with Gasteiger partial charge in [0.15, 0.2) is 0 Å². The summed E-state index contributed by atoms with van der Waals surface area (Å²) in [6.07, 6.45) is 0.725. The molecule has 118 valence electrons. The van der Waals surface area contributed by atoms with E-state index in [2.05, 4.69) is 10.6 Å². The molecule has 0 aliphatic carbocycles. The number of nitrogens with one attached hydrogen (secondary N) is 2. The number of benzene rings is 2. The van der Waals surface area contributed by atoms with Gasteiger partial charge < -0.3 is 15.4 Å². The molecule has 2 aromatic rings. The van der Waals surface area contributed by atoms with E-state index in [9.17, 15) is 4.79 Å². The lowest BCUT2D eigenvalue weighted by molar-refractivity contribution is 0.252. The Labute approximate surface area is 139 Å². The number of nitriles is 1. The van der Waals surface area contributed by atoms with E-state index in [4.69, 9.17) is 10.00 Å². The maximum Gasteiger partial charge on any atom is 0.319 e. The molecule has 0 aliphatic heterocycles. The Morgan fingerprint density at radius 2 is 2.04 bits per heavy atom. The molecule has 2 N–H and O–H groups in total. The predicted octanol–water partition coefficient (Wildman–Crippen LogP) is 3.63. The van der Waals surface area contributed by atoms with Gasteiger partial charge in [0.25, 0.3) is 0 Å². The Balaban J connectivity index is 1.77. The van der Waals surface area contributed by atoms with Crippen molar-refractivity contribution in [2.75, 3.05) is 19.0 Å². The van der Waals surface area contributed by atoms with Crippen molar-refractivity contribution < 1.29 is 9.53 Å². The Hall–Kier alpha value is -2.65. The van der Waals surface area contributed by atoms with Gasteiger partial charge in [0.1, 0.15) is 11.2 Å². The minimum Gasteiger partial charge on any atom is -0.497 e. The third-order valence-corrected chi connectivity index (χ3v) is 3.71. The summed E-state index contributed by atoms with van der Waals surface area (Å²) < 4.78 is 5.17. The number of thioether (sulfide) groups is 1. The molecular formula is C17H17N3O2S. The van der Waals surface area contributed by atoms with Gasteiger partial charge in [0.05, 0.1) is 7.11 Å². The normalized spacial score (nSPS) is 9.74. The third kappa shape index (κ3) is 5.57. The zero-order valence-corrected chi connectivity index (χ0v) is 13.5. The van der Waals surface area contributed by atoms with Crippen molar-refractivity contribution in [3.63, 3.8) is 0 Å². The summed E-state index contributed by atoms with van der Waals surface area (Å²) >= 11 is 1.08. The van der Waals surface area contributed by atoms with Crippen LogP contribution in [-0.2, 0) is 6.42 Å². The van der Waals surface area contributed by atoms with Crippen LogP contribution in [0.5, 0.6) is 5.75 Å². The molecule has 2 rings (SSSR count). The number of thiocyanates is 1. The van der Waals surface area contributed by atoms with Gasteiger partial charge in [-0.05, 0) is 60.1 Å². The second-order valence-electron chi connectivity index (χ2n) is 4.70. The highest BCUT2D eigenvalue weighted by Crippen LogP contribution is 2.18. The minimum absolute atomic E-state index is 0.256. The van der Waals surface area contributed by atoms with Crippen LogP contribution in [0.25, 0.3) is 0 Å². The number of rotatable bonds is 6. The molecule has 0 spiro atoms. The maximum atomic E-state index is 11.8. The van der Waals surface area contributed by atoms with E-state index in [1.165, 1.54) is 0 Å². The zero-order chi connectivity index (χ0) is 16.5. The first-order valence-electron chi connectivity index (χ1n) is 7.05. The van der Waals surface area contributed by atoms with Crippen molar-refractivity contribution in [1.29, 1.82) is 5.26 Å². The van der Waals surface area contributed by atoms with E-state index in [1.807, 2.05) is 29.7 Å². The second-order valence-corrected chi connectivity index (χ2v) is 5.56. The number of carbonyl (C=O) groups is 1. The standard InChI is InChI=1S/C17H17N3O2S/c1-22-15-4-2-3-13(11-15)9-10-19-17(21)20-14-5-7-16(8-6-14)23-12-18/h2-8,11H,9-10H2,1H3,(H2,19,20,21). The summed E-state index contributed by atoms with van der Waals surface area (Å²) in [6, 6.07) is 14.6. The molecule has 6 heteroatoms. The van der Waals surface area contributed by atoms with Gasteiger partial charge in [-0.2, -0.15) is 5.26 Å². The molecule has 2 amide bonds. The van der Waals surface area contributed by atoms with E-state index < -0.39 is 0 Å². The molecule has 23 heavy (non-hydrogen) atoms. The Kier molecular flexibility index (Phi) is 6.33. The lowest BCUT2D eigenvalue weighted by Crippen LogP contribution is -2.30. The number of carbonyl (C=O) groups excluding carboxylic acids is 1. The van der Waals surface area contributed by atoms with Crippen molar-refractivity contribution in [3.05, 3.63) is 54.1 Å². The van der Waals surface area contributed by atoms with Gasteiger partial charge in [-0.25, -0.2) is 4.79 Å². The smallest absolute Gasteiger partial charge is 0.319 e. The minimum atomic E-state index is -0.256. The molecule has 0 atom stereocenters. The quantitative estimate of drug-likeness (QED) is 0.627. The molecule has 0 bridgehead atoms. The second kappa shape index (κ2) is 8.71. The van der Waals surface area contributed by atoms with Crippen LogP contribution in [0.3, 0.4) is 0 Å². The summed E-state index contributed by atoms with van der Waals surface area (Å²) in [5.74, 6) is 0.808. The Morgan fingerprint density at radius 3 is 2.74 bits per heavy atom.